The van der Waals surface area contributed by atoms with Crippen molar-refractivity contribution in [2.45, 2.75) is 23.9 Å². The van der Waals surface area contributed by atoms with Gasteiger partial charge in [0.15, 0.2) is 10.9 Å². The summed E-state index contributed by atoms with van der Waals surface area (Å²) in [4.78, 5) is 16.0. The summed E-state index contributed by atoms with van der Waals surface area (Å²) in [6.45, 7) is 2.24. The third-order valence-electron chi connectivity index (χ3n) is 2.74. The van der Waals surface area contributed by atoms with Crippen LogP contribution in [0.4, 0.5) is 0 Å². The van der Waals surface area contributed by atoms with Crippen molar-refractivity contribution in [2.75, 3.05) is 6.54 Å². The van der Waals surface area contributed by atoms with Gasteiger partial charge in [0.05, 0.1) is 5.75 Å². The van der Waals surface area contributed by atoms with Gasteiger partial charge in [0.2, 0.25) is 0 Å². The summed E-state index contributed by atoms with van der Waals surface area (Å²) in [5.41, 5.74) is 5.46. The van der Waals surface area contributed by atoms with Crippen LogP contribution >= 0.6 is 11.8 Å². The Morgan fingerprint density at radius 2 is 2.40 bits per heavy atom. The Morgan fingerprint density at radius 1 is 1.60 bits per heavy atom. The molecule has 0 aliphatic carbocycles. The maximum Gasteiger partial charge on any atom is 0.287 e. The third kappa shape index (κ3) is 3.64. The molecule has 0 saturated heterocycles. The first-order valence-electron chi connectivity index (χ1n) is 6.30. The van der Waals surface area contributed by atoms with Crippen molar-refractivity contribution < 1.29 is 9.21 Å². The van der Waals surface area contributed by atoms with Gasteiger partial charge in [0, 0.05) is 32.0 Å². The maximum absolute atomic E-state index is 11.8. The fourth-order valence-electron chi connectivity index (χ4n) is 1.56. The van der Waals surface area contributed by atoms with Crippen LogP contribution in [0.1, 0.15) is 23.2 Å². The van der Waals surface area contributed by atoms with Crippen LogP contribution in [-0.2, 0) is 12.8 Å². The smallest absolute Gasteiger partial charge is 0.287 e. The second kappa shape index (κ2) is 6.62. The van der Waals surface area contributed by atoms with Crippen LogP contribution in [0.3, 0.4) is 0 Å². The van der Waals surface area contributed by atoms with Gasteiger partial charge in [0.1, 0.15) is 5.76 Å². The van der Waals surface area contributed by atoms with Gasteiger partial charge in [-0.15, -0.1) is 0 Å². The Labute approximate surface area is 121 Å². The number of aryl methyl sites for hydroxylation is 1. The maximum atomic E-state index is 11.8. The molecule has 0 aliphatic rings. The fraction of sp³-hybridized carbons (Fsp3) is 0.385. The van der Waals surface area contributed by atoms with Crippen molar-refractivity contribution in [1.82, 2.24) is 14.9 Å². The highest BCUT2D eigenvalue weighted by atomic mass is 32.2. The molecule has 7 heteroatoms. The SMILES string of the molecule is C[C@@H](CN)NC(=O)c1ccc(CSc2nccn2C)o1. The molecule has 2 heterocycles. The monoisotopic (exact) mass is 294 g/mol. The van der Waals surface area contributed by atoms with Gasteiger partial charge in [-0.3, -0.25) is 4.79 Å². The molecule has 0 aliphatic heterocycles. The predicted molar refractivity (Wildman–Crippen MR) is 77.5 cm³/mol. The van der Waals surface area contributed by atoms with Gasteiger partial charge in [-0.25, -0.2) is 4.98 Å². The van der Waals surface area contributed by atoms with E-state index in [1.165, 1.54) is 0 Å². The summed E-state index contributed by atoms with van der Waals surface area (Å²) in [5.74, 6) is 1.44. The Balaban J connectivity index is 1.92. The largest absolute Gasteiger partial charge is 0.455 e. The molecule has 0 aromatic carbocycles. The van der Waals surface area contributed by atoms with Crippen LogP contribution in [-0.4, -0.2) is 28.0 Å². The third-order valence-corrected chi connectivity index (χ3v) is 3.82. The molecule has 20 heavy (non-hydrogen) atoms. The molecule has 0 spiro atoms. The van der Waals surface area contributed by atoms with Crippen LogP contribution in [0.5, 0.6) is 0 Å². The molecule has 0 saturated carbocycles. The normalized spacial score (nSPS) is 12.3. The molecule has 0 unspecified atom stereocenters. The fourth-order valence-corrected chi connectivity index (χ4v) is 2.38. The number of rotatable bonds is 6. The first-order chi connectivity index (χ1) is 9.60. The van der Waals surface area contributed by atoms with E-state index in [1.807, 2.05) is 24.7 Å². The van der Waals surface area contributed by atoms with Gasteiger partial charge in [-0.2, -0.15) is 0 Å². The zero-order valence-electron chi connectivity index (χ0n) is 11.5. The van der Waals surface area contributed by atoms with Crippen molar-refractivity contribution in [3.8, 4) is 0 Å². The van der Waals surface area contributed by atoms with Gasteiger partial charge >= 0.3 is 0 Å². The quantitative estimate of drug-likeness (QED) is 0.786. The van der Waals surface area contributed by atoms with E-state index in [9.17, 15) is 4.79 Å². The molecule has 0 fully saturated rings. The molecular weight excluding hydrogens is 276 g/mol. The summed E-state index contributed by atoms with van der Waals surface area (Å²) >= 11 is 1.56. The lowest BCUT2D eigenvalue weighted by Crippen LogP contribution is -2.37. The minimum atomic E-state index is -0.240. The molecule has 0 bridgehead atoms. The lowest BCUT2D eigenvalue weighted by Gasteiger charge is -2.09. The number of aromatic nitrogens is 2. The van der Waals surface area contributed by atoms with Crippen LogP contribution in [0, 0.1) is 0 Å². The Hall–Kier alpha value is -1.73. The number of hydrogen-bond donors (Lipinski definition) is 2. The second-order valence-corrected chi connectivity index (χ2v) is 5.43. The van der Waals surface area contributed by atoms with E-state index in [0.717, 1.165) is 10.9 Å². The molecule has 1 atom stereocenters. The highest BCUT2D eigenvalue weighted by Gasteiger charge is 2.13. The summed E-state index contributed by atoms with van der Waals surface area (Å²) in [5, 5.41) is 3.66. The van der Waals surface area contributed by atoms with Crippen LogP contribution < -0.4 is 11.1 Å². The number of hydrogen-bond acceptors (Lipinski definition) is 5. The van der Waals surface area contributed by atoms with E-state index in [4.69, 9.17) is 10.2 Å². The van der Waals surface area contributed by atoms with Crippen molar-refractivity contribution in [3.05, 3.63) is 36.0 Å². The number of thioether (sulfide) groups is 1. The number of nitrogens with zero attached hydrogens (tertiary/aromatic N) is 2. The summed E-state index contributed by atoms with van der Waals surface area (Å²) in [6, 6.07) is 3.41. The first kappa shape index (κ1) is 14.7. The highest BCUT2D eigenvalue weighted by molar-refractivity contribution is 7.98. The van der Waals surface area contributed by atoms with E-state index < -0.39 is 0 Å². The van der Waals surface area contributed by atoms with E-state index >= 15 is 0 Å². The van der Waals surface area contributed by atoms with Crippen LogP contribution in [0.2, 0.25) is 0 Å². The number of amides is 1. The van der Waals surface area contributed by atoms with E-state index in [0.29, 0.717) is 18.1 Å². The first-order valence-corrected chi connectivity index (χ1v) is 7.28. The average molecular weight is 294 g/mol. The molecule has 1 amide bonds. The van der Waals surface area contributed by atoms with Crippen molar-refractivity contribution >= 4 is 17.7 Å². The van der Waals surface area contributed by atoms with Gasteiger partial charge < -0.3 is 20.0 Å². The van der Waals surface area contributed by atoms with Crippen molar-refractivity contribution in [1.29, 1.82) is 0 Å². The Morgan fingerprint density at radius 3 is 3.05 bits per heavy atom. The summed E-state index contributed by atoms with van der Waals surface area (Å²) in [7, 11) is 1.94. The molecule has 2 aromatic rings. The van der Waals surface area contributed by atoms with Gasteiger partial charge in [-0.1, -0.05) is 11.8 Å². The Bertz CT molecular complexity index is 578. The van der Waals surface area contributed by atoms with Crippen LogP contribution in [0.15, 0.2) is 34.1 Å². The zero-order valence-corrected chi connectivity index (χ0v) is 12.3. The molecular formula is C13H18N4O2S. The lowest BCUT2D eigenvalue weighted by molar-refractivity contribution is 0.0912. The predicted octanol–water partition coefficient (Wildman–Crippen LogP) is 1.38. The van der Waals surface area contributed by atoms with Gasteiger partial charge in [0.25, 0.3) is 5.91 Å². The van der Waals surface area contributed by atoms with E-state index in [-0.39, 0.29) is 11.9 Å². The zero-order chi connectivity index (χ0) is 14.5. The van der Waals surface area contributed by atoms with Crippen molar-refractivity contribution in [2.24, 2.45) is 12.8 Å². The topological polar surface area (TPSA) is 86.1 Å². The van der Waals surface area contributed by atoms with Crippen LogP contribution in [0.25, 0.3) is 0 Å². The average Bonchev–Trinajstić information content (AvgIpc) is 3.05. The molecule has 0 radical (unpaired) electrons. The number of nitrogens with two attached hydrogens (primary N) is 1. The van der Waals surface area contributed by atoms with Gasteiger partial charge in [-0.05, 0) is 19.1 Å². The summed E-state index contributed by atoms with van der Waals surface area (Å²) in [6.07, 6.45) is 3.63. The second-order valence-electron chi connectivity index (χ2n) is 4.49. The van der Waals surface area contributed by atoms with Crippen molar-refractivity contribution in [3.63, 3.8) is 0 Å². The lowest BCUT2D eigenvalue weighted by atomic mass is 10.3. The Kier molecular flexibility index (Phi) is 4.86. The molecule has 6 nitrogen and oxygen atoms in total. The number of furan rings is 1. The molecule has 2 aromatic heterocycles. The highest BCUT2D eigenvalue weighted by Crippen LogP contribution is 2.21. The number of carbonyl (C=O) groups excluding carboxylic acids is 1. The summed E-state index contributed by atoms with van der Waals surface area (Å²) < 4.78 is 7.45. The van der Waals surface area contributed by atoms with E-state index in [2.05, 4.69) is 10.3 Å². The minimum absolute atomic E-state index is 0.0713. The molecule has 108 valence electrons. The number of carbonyl (C=O) groups is 1. The minimum Gasteiger partial charge on any atom is -0.455 e. The number of nitrogens with one attached hydrogen (secondary N) is 1. The standard InChI is InChI=1S/C13H18N4O2S/c1-9(7-14)16-12(18)11-4-3-10(19-11)8-20-13-15-5-6-17(13)2/h3-6,9H,7-8,14H2,1-2H3,(H,16,18)/t9-/m0/s1. The molecule has 2 rings (SSSR count). The number of imidazole rings is 1. The van der Waals surface area contributed by atoms with E-state index in [1.54, 1.807) is 30.1 Å². The molecule has 3 N–H and O–H groups in total.